The molecule has 0 radical (unpaired) electrons. The van der Waals surface area contributed by atoms with Crippen LogP contribution in [0.1, 0.15) is 46.0 Å². The van der Waals surface area contributed by atoms with Crippen molar-refractivity contribution >= 4 is 39.8 Å². The quantitative estimate of drug-likeness (QED) is 0.364. The van der Waals surface area contributed by atoms with Gasteiger partial charge in [-0.05, 0) is 50.2 Å². The number of guanidine groups is 1. The molecule has 2 fully saturated rings. The van der Waals surface area contributed by atoms with Crippen LogP contribution in [-0.4, -0.2) is 50.7 Å². The van der Waals surface area contributed by atoms with E-state index in [0.717, 1.165) is 25.5 Å². The summed E-state index contributed by atoms with van der Waals surface area (Å²) in [5.41, 5.74) is 0.494. The Hall–Kier alpha value is -0.830. The lowest BCUT2D eigenvalue weighted by molar-refractivity contribution is 0.151. The van der Waals surface area contributed by atoms with Crippen molar-refractivity contribution in [3.8, 4) is 0 Å². The van der Waals surface area contributed by atoms with Crippen molar-refractivity contribution < 1.29 is 8.42 Å². The van der Waals surface area contributed by atoms with Crippen molar-refractivity contribution in [2.45, 2.75) is 56.9 Å². The first kappa shape index (κ1) is 22.5. The summed E-state index contributed by atoms with van der Waals surface area (Å²) in [5, 5.41) is 3.46. The predicted molar refractivity (Wildman–Crippen MR) is 122 cm³/mol. The highest BCUT2D eigenvalue weighted by molar-refractivity contribution is 14.0. The molecule has 1 aliphatic heterocycles. The smallest absolute Gasteiger partial charge is 0.194 e. The van der Waals surface area contributed by atoms with Crippen molar-refractivity contribution in [3.05, 3.63) is 30.3 Å². The Labute approximate surface area is 181 Å². The average molecular weight is 505 g/mol. The molecule has 1 unspecified atom stereocenters. The van der Waals surface area contributed by atoms with Gasteiger partial charge >= 0.3 is 0 Å². The molecule has 1 atom stereocenters. The largest absolute Gasteiger partial charge is 0.352 e. The van der Waals surface area contributed by atoms with Crippen LogP contribution in [0.2, 0.25) is 0 Å². The number of nitrogens with zero attached hydrogens (tertiary/aromatic N) is 2. The second-order valence-corrected chi connectivity index (χ2v) is 9.70. The number of halogens is 1. The van der Waals surface area contributed by atoms with Crippen molar-refractivity contribution in [2.24, 2.45) is 10.4 Å². The molecule has 1 saturated carbocycles. The summed E-state index contributed by atoms with van der Waals surface area (Å²) in [6.45, 7) is 6.83. The molecular formula is C20H32IN3O2S. The fourth-order valence-corrected chi connectivity index (χ4v) is 5.63. The first-order valence-electron chi connectivity index (χ1n) is 9.82. The highest BCUT2D eigenvalue weighted by atomic mass is 127. The summed E-state index contributed by atoms with van der Waals surface area (Å²) in [6.07, 6.45) is 5.96. The van der Waals surface area contributed by atoms with E-state index in [4.69, 9.17) is 0 Å². The molecule has 5 nitrogen and oxygen atoms in total. The minimum absolute atomic E-state index is 0. The first-order chi connectivity index (χ1) is 12.5. The summed E-state index contributed by atoms with van der Waals surface area (Å²) in [7, 11) is -3.31. The number of benzene rings is 1. The molecule has 3 rings (SSSR count). The molecular weight excluding hydrogens is 473 g/mol. The summed E-state index contributed by atoms with van der Waals surface area (Å²) in [5.74, 6) is 0.973. The van der Waals surface area contributed by atoms with Gasteiger partial charge < -0.3 is 10.2 Å². The lowest BCUT2D eigenvalue weighted by atomic mass is 9.68. The number of rotatable bonds is 6. The van der Waals surface area contributed by atoms with Gasteiger partial charge in [-0.25, -0.2) is 8.42 Å². The van der Waals surface area contributed by atoms with E-state index >= 15 is 0 Å². The molecule has 0 amide bonds. The van der Waals surface area contributed by atoms with Gasteiger partial charge in [0.15, 0.2) is 15.8 Å². The van der Waals surface area contributed by atoms with Crippen molar-refractivity contribution in [1.29, 1.82) is 0 Å². The Balaban J connectivity index is 0.00000261. The normalized spacial score (nSPS) is 20.1. The second-order valence-electron chi connectivity index (χ2n) is 7.67. The van der Waals surface area contributed by atoms with Gasteiger partial charge in [-0.1, -0.05) is 31.5 Å². The summed E-state index contributed by atoms with van der Waals surface area (Å²) >= 11 is 0. The lowest BCUT2D eigenvalue weighted by Crippen LogP contribution is -2.48. The Morgan fingerprint density at radius 3 is 2.44 bits per heavy atom. The molecule has 27 heavy (non-hydrogen) atoms. The molecule has 1 N–H and O–H groups in total. The fourth-order valence-electron chi connectivity index (χ4n) is 4.02. The molecule has 2 aliphatic rings. The zero-order chi connectivity index (χ0) is 18.6. The molecule has 152 valence electrons. The van der Waals surface area contributed by atoms with Gasteiger partial charge in [-0.2, -0.15) is 0 Å². The average Bonchev–Trinajstić information content (AvgIpc) is 3.07. The van der Waals surface area contributed by atoms with E-state index in [1.165, 1.54) is 25.7 Å². The van der Waals surface area contributed by atoms with Crippen LogP contribution >= 0.6 is 24.0 Å². The van der Waals surface area contributed by atoms with Crippen LogP contribution in [0.15, 0.2) is 40.2 Å². The zero-order valence-corrected chi connectivity index (χ0v) is 19.5. The van der Waals surface area contributed by atoms with Gasteiger partial charge in [0.1, 0.15) is 0 Å². The Morgan fingerprint density at radius 2 is 1.93 bits per heavy atom. The summed E-state index contributed by atoms with van der Waals surface area (Å²) < 4.78 is 25.5. The fraction of sp³-hybridized carbons (Fsp3) is 0.650. The molecule has 1 spiro atoms. The molecule has 1 aliphatic carbocycles. The van der Waals surface area contributed by atoms with Gasteiger partial charge in [-0.3, -0.25) is 4.99 Å². The predicted octanol–water partition coefficient (Wildman–Crippen LogP) is 3.70. The third kappa shape index (κ3) is 5.37. The SMILES string of the molecule is CCN=C(NC(CC)CS(=O)(=O)c1ccccc1)N1CCC2(CCC2)C1.I. The van der Waals surface area contributed by atoms with E-state index in [1.54, 1.807) is 24.3 Å². The van der Waals surface area contributed by atoms with Gasteiger partial charge in [-0.15, -0.1) is 24.0 Å². The molecule has 1 aromatic carbocycles. The van der Waals surface area contributed by atoms with Crippen LogP contribution in [0, 0.1) is 5.41 Å². The van der Waals surface area contributed by atoms with E-state index in [9.17, 15) is 8.42 Å². The van der Waals surface area contributed by atoms with Crippen molar-refractivity contribution in [1.82, 2.24) is 10.2 Å². The third-order valence-corrected chi connectivity index (χ3v) is 7.64. The maximum absolute atomic E-state index is 12.7. The topological polar surface area (TPSA) is 61.8 Å². The Morgan fingerprint density at radius 1 is 1.22 bits per heavy atom. The minimum Gasteiger partial charge on any atom is -0.352 e. The van der Waals surface area contributed by atoms with E-state index in [1.807, 2.05) is 19.9 Å². The van der Waals surface area contributed by atoms with Gasteiger partial charge in [0, 0.05) is 25.7 Å². The standard InChI is InChI=1S/C20H31N3O2S.HI/c1-3-17(15-26(24,25)18-9-6-5-7-10-18)22-19(21-4-2)23-14-13-20(16-23)11-8-12-20;/h5-7,9-10,17H,3-4,8,11-16H2,1-2H3,(H,21,22);1H. The summed E-state index contributed by atoms with van der Waals surface area (Å²) in [6, 6.07) is 8.59. The molecule has 0 aromatic heterocycles. The number of nitrogens with one attached hydrogen (secondary N) is 1. The monoisotopic (exact) mass is 505 g/mol. The zero-order valence-electron chi connectivity index (χ0n) is 16.4. The van der Waals surface area contributed by atoms with Crippen LogP contribution in [0.4, 0.5) is 0 Å². The van der Waals surface area contributed by atoms with Crippen LogP contribution < -0.4 is 5.32 Å². The van der Waals surface area contributed by atoms with Crippen LogP contribution in [0.3, 0.4) is 0 Å². The van der Waals surface area contributed by atoms with E-state index in [0.29, 0.717) is 16.9 Å². The van der Waals surface area contributed by atoms with Crippen LogP contribution in [0.25, 0.3) is 0 Å². The maximum atomic E-state index is 12.7. The number of likely N-dealkylation sites (tertiary alicyclic amines) is 1. The van der Waals surface area contributed by atoms with Crippen molar-refractivity contribution in [3.63, 3.8) is 0 Å². The maximum Gasteiger partial charge on any atom is 0.194 e. The number of hydrogen-bond donors (Lipinski definition) is 1. The van der Waals surface area contributed by atoms with Crippen LogP contribution in [0.5, 0.6) is 0 Å². The van der Waals surface area contributed by atoms with Gasteiger partial charge in [0.2, 0.25) is 0 Å². The van der Waals surface area contributed by atoms with Crippen LogP contribution in [-0.2, 0) is 9.84 Å². The minimum atomic E-state index is -3.31. The van der Waals surface area contributed by atoms with E-state index in [-0.39, 0.29) is 35.8 Å². The van der Waals surface area contributed by atoms with E-state index in [2.05, 4.69) is 15.2 Å². The molecule has 1 saturated heterocycles. The molecule has 1 aromatic rings. The summed E-state index contributed by atoms with van der Waals surface area (Å²) in [4.78, 5) is 7.38. The van der Waals surface area contributed by atoms with Gasteiger partial charge in [0.05, 0.1) is 10.6 Å². The van der Waals surface area contributed by atoms with E-state index < -0.39 is 9.84 Å². The molecule has 0 bridgehead atoms. The number of hydrogen-bond acceptors (Lipinski definition) is 3. The lowest BCUT2D eigenvalue weighted by Gasteiger charge is -2.38. The number of sulfone groups is 1. The molecule has 1 heterocycles. The highest BCUT2D eigenvalue weighted by Gasteiger charge is 2.43. The highest BCUT2D eigenvalue weighted by Crippen LogP contribution is 2.47. The molecule has 7 heteroatoms. The Bertz CT molecular complexity index is 733. The Kier molecular flexibility index (Phi) is 7.97. The first-order valence-corrected chi connectivity index (χ1v) is 11.5. The third-order valence-electron chi connectivity index (χ3n) is 5.81. The van der Waals surface area contributed by atoms with Crippen molar-refractivity contribution in [2.75, 3.05) is 25.4 Å². The number of aliphatic imine (C=N–C) groups is 1. The second kappa shape index (κ2) is 9.58. The van der Waals surface area contributed by atoms with Gasteiger partial charge in [0.25, 0.3) is 0 Å².